The van der Waals surface area contributed by atoms with Gasteiger partial charge < -0.3 is 15.4 Å². The van der Waals surface area contributed by atoms with E-state index in [1.807, 2.05) is 14.0 Å². The Morgan fingerprint density at radius 2 is 1.85 bits per heavy atom. The van der Waals surface area contributed by atoms with Gasteiger partial charge in [-0.3, -0.25) is 9.36 Å². The van der Waals surface area contributed by atoms with Crippen LogP contribution in [0.15, 0.2) is 40.2 Å². The summed E-state index contributed by atoms with van der Waals surface area (Å²) in [6.07, 6.45) is 9.90. The molecule has 0 aliphatic heterocycles. The molecule has 0 atom stereocenters. The van der Waals surface area contributed by atoms with E-state index >= 15 is 0 Å². The molecule has 5 rings (SSSR count). The van der Waals surface area contributed by atoms with Crippen LogP contribution >= 0.6 is 11.6 Å². The molecule has 2 fully saturated rings. The van der Waals surface area contributed by atoms with E-state index in [1.165, 1.54) is 0 Å². The van der Waals surface area contributed by atoms with E-state index in [-0.39, 0.29) is 34.2 Å². The number of hydrogen-bond acceptors (Lipinski definition) is 8. The molecule has 0 bridgehead atoms. The molecule has 10 nitrogen and oxygen atoms in total. The van der Waals surface area contributed by atoms with Crippen LogP contribution in [0.1, 0.15) is 63.0 Å². The highest BCUT2D eigenvalue weighted by atomic mass is 35.5. The van der Waals surface area contributed by atoms with Crippen molar-refractivity contribution in [1.29, 1.82) is 0 Å². The molecule has 0 spiro atoms. The summed E-state index contributed by atoms with van der Waals surface area (Å²) in [7, 11) is -1.71. The number of hydrogen-bond donors (Lipinski definition) is 3. The van der Waals surface area contributed by atoms with Crippen molar-refractivity contribution in [2.75, 3.05) is 25.5 Å². The number of fused-ring (bicyclic) bond motifs is 1. The molecule has 3 N–H and O–H groups in total. The molecule has 2 saturated carbocycles. The standard InChI is InChI=1S/C28H37ClN6O4S/c1-18-15-23(40(37,38)32-13-14-39-22-9-7-20(30-2)8-10-22)11-12-25(18)33-28-31-17-19-16-24(29)27(36)35(26(19)34-28)21-5-3-4-6-21/h11-12,15-17,20-22,30,32H,3-10,13-14H2,1-2H3,(H,31,33,34)/t20-,22-. The summed E-state index contributed by atoms with van der Waals surface area (Å²) in [4.78, 5) is 22.1. The van der Waals surface area contributed by atoms with Crippen LogP contribution in [-0.2, 0) is 14.8 Å². The van der Waals surface area contributed by atoms with Crippen LogP contribution in [0.5, 0.6) is 0 Å². The minimum absolute atomic E-state index is 0.0638. The van der Waals surface area contributed by atoms with Crippen molar-refractivity contribution < 1.29 is 13.2 Å². The normalized spacial score (nSPS) is 20.3. The zero-order valence-corrected chi connectivity index (χ0v) is 24.5. The first-order valence-electron chi connectivity index (χ1n) is 14.0. The molecule has 0 saturated heterocycles. The molecule has 0 radical (unpaired) electrons. The summed E-state index contributed by atoms with van der Waals surface area (Å²) in [5.41, 5.74) is 1.68. The maximum Gasteiger partial charge on any atom is 0.271 e. The first-order chi connectivity index (χ1) is 19.2. The highest BCUT2D eigenvalue weighted by molar-refractivity contribution is 7.89. The number of anilines is 2. The Kier molecular flexibility index (Phi) is 9.06. The summed E-state index contributed by atoms with van der Waals surface area (Å²) in [6.45, 7) is 2.37. The van der Waals surface area contributed by atoms with Gasteiger partial charge in [0.15, 0.2) is 0 Å². The second-order valence-corrected chi connectivity index (χ2v) is 12.9. The van der Waals surface area contributed by atoms with Crippen LogP contribution in [0.2, 0.25) is 5.02 Å². The Hall–Kier alpha value is -2.57. The van der Waals surface area contributed by atoms with Gasteiger partial charge in [0, 0.05) is 35.9 Å². The predicted octanol–water partition coefficient (Wildman–Crippen LogP) is 4.44. The number of benzene rings is 1. The summed E-state index contributed by atoms with van der Waals surface area (Å²) in [6, 6.07) is 7.07. The molecule has 2 aliphatic rings. The molecule has 12 heteroatoms. The van der Waals surface area contributed by atoms with E-state index in [2.05, 4.69) is 25.3 Å². The molecular weight excluding hydrogens is 552 g/mol. The van der Waals surface area contributed by atoms with Crippen molar-refractivity contribution in [3.8, 4) is 0 Å². The third-order valence-electron chi connectivity index (χ3n) is 8.00. The topological polar surface area (TPSA) is 127 Å². The lowest BCUT2D eigenvalue weighted by molar-refractivity contribution is 0.0265. The third-order valence-corrected chi connectivity index (χ3v) is 9.73. The monoisotopic (exact) mass is 588 g/mol. The van der Waals surface area contributed by atoms with Gasteiger partial charge in [-0.25, -0.2) is 18.1 Å². The predicted molar refractivity (Wildman–Crippen MR) is 157 cm³/mol. The van der Waals surface area contributed by atoms with Crippen molar-refractivity contribution in [3.63, 3.8) is 0 Å². The number of aryl methyl sites for hydroxylation is 1. The molecule has 2 aromatic heterocycles. The number of halogens is 1. The average molecular weight is 589 g/mol. The lowest BCUT2D eigenvalue weighted by Gasteiger charge is -2.28. The van der Waals surface area contributed by atoms with Crippen molar-refractivity contribution in [1.82, 2.24) is 24.6 Å². The van der Waals surface area contributed by atoms with Gasteiger partial charge in [-0.05, 0) is 82.3 Å². The van der Waals surface area contributed by atoms with Gasteiger partial charge >= 0.3 is 0 Å². The molecule has 3 aromatic rings. The Bertz CT molecular complexity index is 1520. The molecule has 0 unspecified atom stereocenters. The molecule has 216 valence electrons. The largest absolute Gasteiger partial charge is 0.377 e. The smallest absolute Gasteiger partial charge is 0.271 e. The van der Waals surface area contributed by atoms with E-state index < -0.39 is 10.0 Å². The van der Waals surface area contributed by atoms with Gasteiger partial charge in [-0.1, -0.05) is 24.4 Å². The lowest BCUT2D eigenvalue weighted by atomic mass is 9.93. The molecule has 2 heterocycles. The Morgan fingerprint density at radius 3 is 2.55 bits per heavy atom. The fourth-order valence-corrected chi connectivity index (χ4v) is 7.02. The van der Waals surface area contributed by atoms with Gasteiger partial charge in [0.1, 0.15) is 10.7 Å². The van der Waals surface area contributed by atoms with E-state index in [0.717, 1.165) is 51.4 Å². The molecule has 0 amide bonds. The van der Waals surface area contributed by atoms with Gasteiger partial charge in [-0.2, -0.15) is 4.98 Å². The molecule has 2 aliphatic carbocycles. The molecule has 1 aromatic carbocycles. The highest BCUT2D eigenvalue weighted by Crippen LogP contribution is 2.31. The fraction of sp³-hybridized carbons (Fsp3) is 0.536. The van der Waals surface area contributed by atoms with Crippen LogP contribution in [0.3, 0.4) is 0 Å². The van der Waals surface area contributed by atoms with Crippen molar-refractivity contribution in [2.24, 2.45) is 0 Å². The van der Waals surface area contributed by atoms with E-state index in [4.69, 9.17) is 16.3 Å². The second-order valence-electron chi connectivity index (χ2n) is 10.7. The number of rotatable bonds is 10. The maximum absolute atomic E-state index is 12.9. The summed E-state index contributed by atoms with van der Waals surface area (Å²) in [5.74, 6) is 0.318. The van der Waals surface area contributed by atoms with Crippen LogP contribution < -0.4 is 20.9 Å². The Morgan fingerprint density at radius 1 is 1.10 bits per heavy atom. The Balaban J connectivity index is 1.25. The van der Waals surface area contributed by atoms with Gasteiger partial charge in [0.25, 0.3) is 5.56 Å². The lowest BCUT2D eigenvalue weighted by Crippen LogP contribution is -2.34. The first kappa shape index (κ1) is 28.9. The third kappa shape index (κ3) is 6.49. The van der Waals surface area contributed by atoms with E-state index in [0.29, 0.717) is 40.9 Å². The van der Waals surface area contributed by atoms with Crippen LogP contribution in [0.4, 0.5) is 11.6 Å². The first-order valence-corrected chi connectivity index (χ1v) is 15.9. The fourth-order valence-electron chi connectivity index (χ4n) is 5.72. The summed E-state index contributed by atoms with van der Waals surface area (Å²) in [5, 5.41) is 7.34. The highest BCUT2D eigenvalue weighted by Gasteiger charge is 2.23. The van der Waals surface area contributed by atoms with E-state index in [9.17, 15) is 13.2 Å². The van der Waals surface area contributed by atoms with Crippen molar-refractivity contribution in [3.05, 3.63) is 51.4 Å². The molecular formula is C28H37ClN6O4S. The number of pyridine rings is 1. The summed E-state index contributed by atoms with van der Waals surface area (Å²) >= 11 is 6.23. The van der Waals surface area contributed by atoms with Crippen molar-refractivity contribution >= 4 is 44.3 Å². The summed E-state index contributed by atoms with van der Waals surface area (Å²) < 4.78 is 36.0. The quantitative estimate of drug-likeness (QED) is 0.297. The van der Waals surface area contributed by atoms with Crippen LogP contribution in [-0.4, -0.2) is 55.3 Å². The number of nitrogens with one attached hydrogen (secondary N) is 3. The van der Waals surface area contributed by atoms with E-state index in [1.54, 1.807) is 35.0 Å². The Labute approximate surface area is 239 Å². The SMILES string of the molecule is CN[C@H]1CC[C@H](OCCNS(=O)(=O)c2ccc(Nc3ncc4cc(Cl)c(=O)n(C5CCCC5)c4n3)c(C)c2)CC1. The number of sulfonamides is 1. The maximum atomic E-state index is 12.9. The van der Waals surface area contributed by atoms with Gasteiger partial charge in [-0.15, -0.1) is 0 Å². The zero-order chi connectivity index (χ0) is 28.3. The minimum atomic E-state index is -3.69. The van der Waals surface area contributed by atoms with Crippen LogP contribution in [0, 0.1) is 6.92 Å². The zero-order valence-electron chi connectivity index (χ0n) is 23.0. The van der Waals surface area contributed by atoms with Crippen molar-refractivity contribution in [2.45, 2.75) is 81.4 Å². The number of ether oxygens (including phenoxy) is 1. The minimum Gasteiger partial charge on any atom is -0.377 e. The number of aromatic nitrogens is 3. The average Bonchev–Trinajstić information content (AvgIpc) is 3.48. The molecule has 40 heavy (non-hydrogen) atoms. The van der Waals surface area contributed by atoms with Crippen LogP contribution in [0.25, 0.3) is 11.0 Å². The van der Waals surface area contributed by atoms with Gasteiger partial charge in [0.05, 0.1) is 17.6 Å². The second kappa shape index (κ2) is 12.5. The van der Waals surface area contributed by atoms with Gasteiger partial charge in [0.2, 0.25) is 16.0 Å². The number of nitrogens with zero attached hydrogens (tertiary/aromatic N) is 3.